The fourth-order valence-corrected chi connectivity index (χ4v) is 3.35. The summed E-state index contributed by atoms with van der Waals surface area (Å²) < 4.78 is 5.53. The van der Waals surface area contributed by atoms with E-state index in [0.717, 1.165) is 43.5 Å². The van der Waals surface area contributed by atoms with Gasteiger partial charge in [0.05, 0.1) is 12.8 Å². The lowest BCUT2D eigenvalue weighted by Crippen LogP contribution is -2.40. The molecule has 1 aromatic rings. The van der Waals surface area contributed by atoms with Crippen LogP contribution in [0.15, 0.2) is 12.3 Å². The maximum absolute atomic E-state index is 12.7. The summed E-state index contributed by atoms with van der Waals surface area (Å²) in [5, 5.41) is 8.81. The SMILES string of the molecule is O=C(O)CCC1CCCN(C(=O)c2cc3c(cn2)OCCC3)C1. The highest BCUT2D eigenvalue weighted by Crippen LogP contribution is 2.26. The van der Waals surface area contributed by atoms with Gasteiger partial charge in [0.25, 0.3) is 5.91 Å². The van der Waals surface area contributed by atoms with Crippen LogP contribution in [0.1, 0.15) is 48.2 Å². The van der Waals surface area contributed by atoms with Crippen LogP contribution in [0.4, 0.5) is 0 Å². The number of rotatable bonds is 4. The van der Waals surface area contributed by atoms with Crippen molar-refractivity contribution in [3.63, 3.8) is 0 Å². The van der Waals surface area contributed by atoms with Crippen LogP contribution < -0.4 is 4.74 Å². The number of hydrogen-bond acceptors (Lipinski definition) is 4. The second-order valence-corrected chi connectivity index (χ2v) is 6.32. The Kier molecular flexibility index (Phi) is 4.79. The Morgan fingerprint density at radius 3 is 3.09 bits per heavy atom. The van der Waals surface area contributed by atoms with E-state index in [2.05, 4.69) is 4.98 Å². The maximum Gasteiger partial charge on any atom is 0.303 e. The third kappa shape index (κ3) is 3.81. The average Bonchev–Trinajstić information content (AvgIpc) is 2.59. The lowest BCUT2D eigenvalue weighted by Gasteiger charge is -2.32. The van der Waals surface area contributed by atoms with Crippen molar-refractivity contribution in [2.45, 2.75) is 38.5 Å². The van der Waals surface area contributed by atoms with Gasteiger partial charge in [-0.1, -0.05) is 0 Å². The molecule has 1 unspecified atom stereocenters. The molecule has 2 aliphatic heterocycles. The number of hydrogen-bond donors (Lipinski definition) is 1. The molecular formula is C17H22N2O4. The zero-order valence-corrected chi connectivity index (χ0v) is 13.2. The largest absolute Gasteiger partial charge is 0.492 e. The molecule has 0 radical (unpaired) electrons. The first-order chi connectivity index (χ1) is 11.1. The maximum atomic E-state index is 12.7. The number of carboxylic acids is 1. The van der Waals surface area contributed by atoms with Crippen molar-refractivity contribution >= 4 is 11.9 Å². The number of likely N-dealkylation sites (tertiary alicyclic amines) is 1. The number of pyridine rings is 1. The molecule has 124 valence electrons. The smallest absolute Gasteiger partial charge is 0.303 e. The zero-order chi connectivity index (χ0) is 16.2. The number of carbonyl (C=O) groups excluding carboxylic acids is 1. The number of carbonyl (C=O) groups is 2. The summed E-state index contributed by atoms with van der Waals surface area (Å²) in [4.78, 5) is 29.5. The van der Waals surface area contributed by atoms with Crippen molar-refractivity contribution in [2.24, 2.45) is 5.92 Å². The first-order valence-corrected chi connectivity index (χ1v) is 8.26. The molecule has 1 aromatic heterocycles. The lowest BCUT2D eigenvalue weighted by molar-refractivity contribution is -0.137. The predicted molar refractivity (Wildman–Crippen MR) is 83.6 cm³/mol. The van der Waals surface area contributed by atoms with Crippen LogP contribution in [0.3, 0.4) is 0 Å². The lowest BCUT2D eigenvalue weighted by atomic mass is 9.93. The van der Waals surface area contributed by atoms with Gasteiger partial charge in [0.15, 0.2) is 0 Å². The van der Waals surface area contributed by atoms with E-state index in [1.54, 1.807) is 6.20 Å². The molecule has 0 aromatic carbocycles. The fourth-order valence-electron chi connectivity index (χ4n) is 3.35. The average molecular weight is 318 g/mol. The van der Waals surface area contributed by atoms with E-state index in [4.69, 9.17) is 9.84 Å². The van der Waals surface area contributed by atoms with Gasteiger partial charge in [-0.05, 0) is 49.7 Å². The summed E-state index contributed by atoms with van der Waals surface area (Å²) in [6.45, 7) is 2.05. The van der Waals surface area contributed by atoms with E-state index < -0.39 is 5.97 Å². The topological polar surface area (TPSA) is 79.7 Å². The minimum atomic E-state index is -0.773. The van der Waals surface area contributed by atoms with E-state index in [0.29, 0.717) is 25.3 Å². The van der Waals surface area contributed by atoms with Gasteiger partial charge in [-0.2, -0.15) is 0 Å². The van der Waals surface area contributed by atoms with Gasteiger partial charge in [0, 0.05) is 19.5 Å². The molecule has 6 nitrogen and oxygen atoms in total. The number of aromatic nitrogens is 1. The molecule has 0 spiro atoms. The molecule has 0 saturated carbocycles. The number of ether oxygens (including phenoxy) is 1. The number of carboxylic acid groups (broad SMARTS) is 1. The first kappa shape index (κ1) is 15.8. The van der Waals surface area contributed by atoms with Crippen molar-refractivity contribution < 1.29 is 19.4 Å². The number of nitrogens with zero attached hydrogens (tertiary/aromatic N) is 2. The Bertz CT molecular complexity index is 602. The highest BCUT2D eigenvalue weighted by atomic mass is 16.5. The van der Waals surface area contributed by atoms with Crippen LogP contribution in [0.5, 0.6) is 5.75 Å². The normalized spacial score (nSPS) is 20.5. The van der Waals surface area contributed by atoms with Gasteiger partial charge in [-0.15, -0.1) is 0 Å². The van der Waals surface area contributed by atoms with Crippen LogP contribution in [0.2, 0.25) is 0 Å². The van der Waals surface area contributed by atoms with Crippen molar-refractivity contribution in [1.82, 2.24) is 9.88 Å². The van der Waals surface area contributed by atoms with Gasteiger partial charge >= 0.3 is 5.97 Å². The highest BCUT2D eigenvalue weighted by Gasteiger charge is 2.26. The number of fused-ring (bicyclic) bond motifs is 1. The van der Waals surface area contributed by atoms with Crippen LogP contribution >= 0.6 is 0 Å². The summed E-state index contributed by atoms with van der Waals surface area (Å²) in [6, 6.07) is 1.84. The first-order valence-electron chi connectivity index (χ1n) is 8.26. The minimum absolute atomic E-state index is 0.0570. The van der Waals surface area contributed by atoms with E-state index >= 15 is 0 Å². The fraction of sp³-hybridized carbons (Fsp3) is 0.588. The summed E-state index contributed by atoms with van der Waals surface area (Å²) in [7, 11) is 0. The molecule has 3 heterocycles. The Hall–Kier alpha value is -2.11. The Morgan fingerprint density at radius 2 is 2.26 bits per heavy atom. The highest BCUT2D eigenvalue weighted by molar-refractivity contribution is 5.92. The van der Waals surface area contributed by atoms with E-state index in [-0.39, 0.29) is 18.2 Å². The quantitative estimate of drug-likeness (QED) is 0.920. The van der Waals surface area contributed by atoms with Crippen molar-refractivity contribution in [3.8, 4) is 5.75 Å². The third-order valence-corrected chi connectivity index (χ3v) is 4.59. The number of piperidine rings is 1. The molecule has 1 atom stereocenters. The molecular weight excluding hydrogens is 296 g/mol. The van der Waals surface area contributed by atoms with Crippen LogP contribution in [0, 0.1) is 5.92 Å². The summed E-state index contributed by atoms with van der Waals surface area (Å²) in [5.41, 5.74) is 1.52. The van der Waals surface area contributed by atoms with E-state index in [9.17, 15) is 9.59 Å². The van der Waals surface area contributed by atoms with Crippen LogP contribution in [-0.2, 0) is 11.2 Å². The number of amides is 1. The van der Waals surface area contributed by atoms with Gasteiger partial charge in [0.1, 0.15) is 11.4 Å². The molecule has 23 heavy (non-hydrogen) atoms. The third-order valence-electron chi connectivity index (χ3n) is 4.59. The second-order valence-electron chi connectivity index (χ2n) is 6.32. The number of aryl methyl sites for hydroxylation is 1. The minimum Gasteiger partial charge on any atom is -0.492 e. The zero-order valence-electron chi connectivity index (χ0n) is 13.2. The monoisotopic (exact) mass is 318 g/mol. The predicted octanol–water partition coefficient (Wildman–Crippen LogP) is 2.12. The standard InChI is InChI=1S/C17H22N2O4/c20-16(21)6-5-12-3-1-7-19(11-12)17(22)14-9-13-4-2-8-23-15(13)10-18-14/h9-10,12H,1-8,11H2,(H,20,21). The van der Waals surface area contributed by atoms with Crippen LogP contribution in [0.25, 0.3) is 0 Å². The van der Waals surface area contributed by atoms with Gasteiger partial charge < -0.3 is 14.7 Å². The van der Waals surface area contributed by atoms with Gasteiger partial charge in [0.2, 0.25) is 0 Å². The van der Waals surface area contributed by atoms with E-state index in [1.165, 1.54) is 0 Å². The van der Waals surface area contributed by atoms with Crippen molar-refractivity contribution in [3.05, 3.63) is 23.5 Å². The molecule has 1 N–H and O–H groups in total. The summed E-state index contributed by atoms with van der Waals surface area (Å²) in [6.07, 6.45) is 6.23. The Labute approximate surface area is 135 Å². The van der Waals surface area contributed by atoms with Gasteiger partial charge in [-0.25, -0.2) is 4.98 Å². The summed E-state index contributed by atoms with van der Waals surface area (Å²) >= 11 is 0. The molecule has 0 bridgehead atoms. The summed E-state index contributed by atoms with van der Waals surface area (Å²) in [5.74, 6) is 0.221. The Balaban J connectivity index is 1.66. The molecule has 0 aliphatic carbocycles. The molecule has 1 fully saturated rings. The molecule has 3 rings (SSSR count). The van der Waals surface area contributed by atoms with Crippen LogP contribution in [-0.4, -0.2) is 46.6 Å². The van der Waals surface area contributed by atoms with E-state index in [1.807, 2.05) is 11.0 Å². The van der Waals surface area contributed by atoms with Gasteiger partial charge in [-0.3, -0.25) is 9.59 Å². The van der Waals surface area contributed by atoms with Crippen molar-refractivity contribution in [1.29, 1.82) is 0 Å². The second kappa shape index (κ2) is 6.98. The molecule has 2 aliphatic rings. The Morgan fingerprint density at radius 1 is 1.39 bits per heavy atom. The molecule has 1 amide bonds. The molecule has 6 heteroatoms. The molecule has 1 saturated heterocycles. The van der Waals surface area contributed by atoms with Crippen molar-refractivity contribution in [2.75, 3.05) is 19.7 Å². The number of aliphatic carboxylic acids is 1.